The molecule has 1 unspecified atom stereocenters. The second-order valence-electron chi connectivity index (χ2n) is 6.27. The van der Waals surface area contributed by atoms with E-state index in [2.05, 4.69) is 10.3 Å². The number of aromatic nitrogens is 1. The number of carbonyl (C=O) groups is 1. The van der Waals surface area contributed by atoms with Crippen molar-refractivity contribution in [1.82, 2.24) is 9.88 Å². The van der Waals surface area contributed by atoms with E-state index in [4.69, 9.17) is 4.42 Å². The third-order valence-corrected chi connectivity index (χ3v) is 4.30. The van der Waals surface area contributed by atoms with Crippen molar-refractivity contribution < 1.29 is 13.6 Å². The van der Waals surface area contributed by atoms with E-state index in [1.165, 1.54) is 12.1 Å². The van der Waals surface area contributed by atoms with E-state index in [0.717, 1.165) is 18.4 Å². The minimum absolute atomic E-state index is 0.201. The van der Waals surface area contributed by atoms with E-state index in [-0.39, 0.29) is 23.4 Å². The van der Waals surface area contributed by atoms with E-state index in [1.54, 1.807) is 24.1 Å². The summed E-state index contributed by atoms with van der Waals surface area (Å²) in [6.07, 6.45) is 3.97. The second kappa shape index (κ2) is 6.02. The van der Waals surface area contributed by atoms with Crippen molar-refractivity contribution in [3.05, 3.63) is 47.6 Å². The van der Waals surface area contributed by atoms with Crippen molar-refractivity contribution in [3.63, 3.8) is 0 Å². The van der Waals surface area contributed by atoms with E-state index >= 15 is 0 Å². The van der Waals surface area contributed by atoms with E-state index in [1.807, 2.05) is 13.0 Å². The van der Waals surface area contributed by atoms with Gasteiger partial charge in [0.1, 0.15) is 11.6 Å². The Morgan fingerprint density at radius 2 is 2.35 bits per heavy atom. The Balaban J connectivity index is 1.74. The highest BCUT2D eigenvalue weighted by molar-refractivity contribution is 5.88. The first-order valence-electron chi connectivity index (χ1n) is 7.72. The highest BCUT2D eigenvalue weighted by Gasteiger charge is 2.40. The molecule has 3 rings (SSSR count). The van der Waals surface area contributed by atoms with Gasteiger partial charge in [-0.1, -0.05) is 12.1 Å². The van der Waals surface area contributed by atoms with Crippen LogP contribution in [0.2, 0.25) is 0 Å². The monoisotopic (exact) mass is 317 g/mol. The van der Waals surface area contributed by atoms with Gasteiger partial charge in [0.15, 0.2) is 0 Å². The number of likely N-dealkylation sites (tertiary alicyclic amines) is 1. The lowest BCUT2D eigenvalue weighted by Crippen LogP contribution is -2.48. The fraction of sp³-hybridized carbons (Fsp3) is 0.412. The largest absolute Gasteiger partial charge is 0.429 e. The number of nitrogens with one attached hydrogen (secondary N) is 1. The molecule has 0 aliphatic carbocycles. The van der Waals surface area contributed by atoms with Crippen LogP contribution in [0.5, 0.6) is 0 Å². The Labute approximate surface area is 134 Å². The molecule has 122 valence electrons. The van der Waals surface area contributed by atoms with E-state index < -0.39 is 0 Å². The maximum atomic E-state index is 13.4. The third kappa shape index (κ3) is 3.36. The van der Waals surface area contributed by atoms with Gasteiger partial charge >= 0.3 is 12.0 Å². The summed E-state index contributed by atoms with van der Waals surface area (Å²) in [4.78, 5) is 18.3. The molecule has 23 heavy (non-hydrogen) atoms. The lowest BCUT2D eigenvalue weighted by molar-refractivity contribution is 0.167. The molecule has 1 atom stereocenters. The molecule has 1 N–H and O–H groups in total. The molecule has 2 aromatic rings. The molecule has 2 heterocycles. The van der Waals surface area contributed by atoms with Crippen LogP contribution >= 0.6 is 0 Å². The van der Waals surface area contributed by atoms with Crippen LogP contribution in [0.15, 0.2) is 34.9 Å². The molecule has 5 nitrogen and oxygen atoms in total. The Kier molecular flexibility index (Phi) is 4.07. The van der Waals surface area contributed by atoms with Gasteiger partial charge in [-0.05, 0) is 50.8 Å². The summed E-state index contributed by atoms with van der Waals surface area (Å²) in [5, 5.41) is 2.69. The first-order valence-corrected chi connectivity index (χ1v) is 7.72. The number of nitrogens with zero attached hydrogens (tertiary/aromatic N) is 2. The number of oxazole rings is 1. The maximum absolute atomic E-state index is 13.4. The van der Waals surface area contributed by atoms with Crippen molar-refractivity contribution in [2.75, 3.05) is 11.9 Å². The number of benzene rings is 1. The Morgan fingerprint density at radius 3 is 3.04 bits per heavy atom. The maximum Gasteiger partial charge on any atom is 0.325 e. The van der Waals surface area contributed by atoms with Crippen LogP contribution in [0.4, 0.5) is 15.2 Å². The van der Waals surface area contributed by atoms with Gasteiger partial charge < -0.3 is 9.32 Å². The molecule has 0 bridgehead atoms. The van der Waals surface area contributed by atoms with Crippen molar-refractivity contribution in [2.24, 2.45) is 0 Å². The highest BCUT2D eigenvalue weighted by atomic mass is 19.1. The summed E-state index contributed by atoms with van der Waals surface area (Å²) < 4.78 is 18.7. The molecule has 2 amide bonds. The van der Waals surface area contributed by atoms with Crippen LogP contribution in [-0.2, 0) is 6.42 Å². The summed E-state index contributed by atoms with van der Waals surface area (Å²) in [7, 11) is 0. The molecule has 6 heteroatoms. The van der Waals surface area contributed by atoms with Crippen molar-refractivity contribution in [3.8, 4) is 0 Å². The van der Waals surface area contributed by atoms with Crippen LogP contribution in [-0.4, -0.2) is 28.0 Å². The number of amides is 2. The average molecular weight is 317 g/mol. The van der Waals surface area contributed by atoms with Crippen molar-refractivity contribution >= 4 is 12.0 Å². The molecule has 0 saturated carbocycles. The fourth-order valence-corrected chi connectivity index (χ4v) is 3.21. The van der Waals surface area contributed by atoms with E-state index in [0.29, 0.717) is 18.7 Å². The molecular weight excluding hydrogens is 297 g/mol. The molecule has 0 radical (unpaired) electrons. The predicted octanol–water partition coefficient (Wildman–Crippen LogP) is 3.75. The number of halogens is 1. The molecule has 1 aromatic heterocycles. The normalized spacial score (nSPS) is 20.7. The minimum Gasteiger partial charge on any atom is -0.429 e. The van der Waals surface area contributed by atoms with Gasteiger partial charge in [-0.25, -0.2) is 14.2 Å². The summed E-state index contributed by atoms with van der Waals surface area (Å²) in [6.45, 7) is 4.47. The van der Waals surface area contributed by atoms with Crippen molar-refractivity contribution in [1.29, 1.82) is 0 Å². The van der Waals surface area contributed by atoms with Gasteiger partial charge in [0.25, 0.3) is 0 Å². The summed E-state index contributed by atoms with van der Waals surface area (Å²) in [5.41, 5.74) is 0.540. The minimum atomic E-state index is -0.348. The zero-order valence-electron chi connectivity index (χ0n) is 13.3. The van der Waals surface area contributed by atoms with Gasteiger partial charge in [0.2, 0.25) is 0 Å². The molecule has 1 aliphatic heterocycles. The zero-order valence-corrected chi connectivity index (χ0v) is 13.3. The average Bonchev–Trinajstić information content (AvgIpc) is 3.05. The van der Waals surface area contributed by atoms with Gasteiger partial charge in [0, 0.05) is 12.1 Å². The Morgan fingerprint density at radius 1 is 1.52 bits per heavy atom. The lowest BCUT2D eigenvalue weighted by atomic mass is 9.90. The van der Waals surface area contributed by atoms with Crippen LogP contribution in [0.3, 0.4) is 0 Å². The van der Waals surface area contributed by atoms with Crippen LogP contribution < -0.4 is 5.32 Å². The molecule has 0 spiro atoms. The Hall–Kier alpha value is -2.37. The van der Waals surface area contributed by atoms with Gasteiger partial charge in [-0.15, -0.1) is 0 Å². The number of aryl methyl sites for hydroxylation is 1. The number of rotatable bonds is 3. The molecule has 1 fully saturated rings. The number of hydrogen-bond acceptors (Lipinski definition) is 3. The quantitative estimate of drug-likeness (QED) is 0.938. The summed E-state index contributed by atoms with van der Waals surface area (Å²) >= 11 is 0. The SMILES string of the molecule is Cc1cnc(NC(=O)N2CCCC2(C)Cc2cccc(F)c2)o1. The standard InChI is InChI=1S/C17H20FN3O2/c1-12-11-19-15(23-12)20-16(22)21-8-4-7-17(21,2)10-13-5-3-6-14(18)9-13/h3,5-6,9,11H,4,7-8,10H2,1-2H3,(H,19,20,22). The molecule has 1 aromatic carbocycles. The van der Waals surface area contributed by atoms with Gasteiger partial charge in [-0.2, -0.15) is 0 Å². The van der Waals surface area contributed by atoms with Crippen LogP contribution in [0, 0.1) is 12.7 Å². The first-order chi connectivity index (χ1) is 11.0. The smallest absolute Gasteiger partial charge is 0.325 e. The topological polar surface area (TPSA) is 58.4 Å². The molecule has 1 aliphatic rings. The molecular formula is C17H20FN3O2. The second-order valence-corrected chi connectivity index (χ2v) is 6.27. The number of hydrogen-bond donors (Lipinski definition) is 1. The predicted molar refractivity (Wildman–Crippen MR) is 84.7 cm³/mol. The van der Waals surface area contributed by atoms with Gasteiger partial charge in [-0.3, -0.25) is 5.32 Å². The number of urea groups is 1. The highest BCUT2D eigenvalue weighted by Crippen LogP contribution is 2.33. The summed E-state index contributed by atoms with van der Waals surface area (Å²) in [6, 6.07) is 6.51. The van der Waals surface area contributed by atoms with Gasteiger partial charge in [0.05, 0.1) is 6.20 Å². The first kappa shape index (κ1) is 15.5. The Bertz CT molecular complexity index is 715. The van der Waals surface area contributed by atoms with Crippen LogP contribution in [0.25, 0.3) is 0 Å². The number of carbonyl (C=O) groups excluding carboxylic acids is 1. The van der Waals surface area contributed by atoms with Crippen LogP contribution in [0.1, 0.15) is 31.1 Å². The fourth-order valence-electron chi connectivity index (χ4n) is 3.21. The van der Waals surface area contributed by atoms with E-state index in [9.17, 15) is 9.18 Å². The number of anilines is 1. The molecule has 1 saturated heterocycles. The lowest BCUT2D eigenvalue weighted by Gasteiger charge is -2.35. The van der Waals surface area contributed by atoms with Crippen molar-refractivity contribution in [2.45, 2.75) is 38.6 Å². The summed E-state index contributed by atoms with van der Waals surface area (Å²) in [5.74, 6) is 0.389. The zero-order chi connectivity index (χ0) is 16.4. The third-order valence-electron chi connectivity index (χ3n) is 4.30.